The van der Waals surface area contributed by atoms with Crippen molar-refractivity contribution >= 4 is 34.2 Å². The van der Waals surface area contributed by atoms with Gasteiger partial charge in [-0.05, 0) is 37.1 Å². The van der Waals surface area contributed by atoms with Crippen molar-refractivity contribution in [2.45, 2.75) is 12.8 Å². The Kier molecular flexibility index (Phi) is 5.12. The molecule has 2 saturated heterocycles. The van der Waals surface area contributed by atoms with E-state index in [-0.39, 0.29) is 17.7 Å². The molecule has 1 aromatic carbocycles. The highest BCUT2D eigenvalue weighted by atomic mass is 16.2. The van der Waals surface area contributed by atoms with Crippen molar-refractivity contribution in [3.8, 4) is 0 Å². The maximum atomic E-state index is 13.2. The summed E-state index contributed by atoms with van der Waals surface area (Å²) in [7, 11) is 0. The highest BCUT2D eigenvalue weighted by Crippen LogP contribution is 2.24. The van der Waals surface area contributed by atoms with Crippen LogP contribution >= 0.6 is 0 Å². The van der Waals surface area contributed by atoms with Crippen molar-refractivity contribution in [3.63, 3.8) is 0 Å². The average molecular weight is 459 g/mol. The van der Waals surface area contributed by atoms with Crippen LogP contribution in [0, 0.1) is 5.92 Å². The first-order chi connectivity index (χ1) is 16.7. The van der Waals surface area contributed by atoms with Crippen LogP contribution in [0.3, 0.4) is 0 Å². The number of hydrogen-bond acceptors (Lipinski definition) is 6. The number of piperazine rings is 1. The van der Waals surface area contributed by atoms with E-state index in [9.17, 15) is 9.59 Å². The Hall–Kier alpha value is -3.95. The summed E-state index contributed by atoms with van der Waals surface area (Å²) in [6.45, 7) is 3.85. The predicted octanol–water partition coefficient (Wildman–Crippen LogP) is 1.81. The maximum absolute atomic E-state index is 13.2. The molecule has 2 aliphatic rings. The maximum Gasteiger partial charge on any atom is 0.270 e. The van der Waals surface area contributed by atoms with Gasteiger partial charge in [0.25, 0.3) is 5.91 Å². The minimum Gasteiger partial charge on any atom is -0.355 e. The van der Waals surface area contributed by atoms with Crippen molar-refractivity contribution in [3.05, 3.63) is 54.5 Å². The Morgan fingerprint density at radius 2 is 1.68 bits per heavy atom. The first kappa shape index (κ1) is 20.6. The number of amides is 2. The molecule has 1 N–H and O–H groups in total. The third kappa shape index (κ3) is 3.74. The van der Waals surface area contributed by atoms with Crippen LogP contribution in [0.5, 0.6) is 0 Å². The molecule has 2 fully saturated rings. The van der Waals surface area contributed by atoms with Crippen LogP contribution in [0.1, 0.15) is 23.3 Å². The Balaban J connectivity index is 1.03. The number of fused-ring (bicyclic) bond motifs is 2. The molecule has 4 aromatic rings. The van der Waals surface area contributed by atoms with Gasteiger partial charge in [0.2, 0.25) is 5.91 Å². The number of aromatic amines is 1. The summed E-state index contributed by atoms with van der Waals surface area (Å²) in [5, 5.41) is 13.5. The first-order valence-corrected chi connectivity index (χ1v) is 11.7. The molecule has 0 unspecified atom stereocenters. The number of piperidine rings is 1. The molecule has 10 nitrogen and oxygen atoms in total. The van der Waals surface area contributed by atoms with Crippen LogP contribution in [0.4, 0.5) is 5.82 Å². The zero-order valence-corrected chi connectivity index (χ0v) is 18.8. The SMILES string of the molecule is O=C(c1cc2ccccc2[nH]1)N1CCN(C(=O)C2CCN(c3ccc4nncn4n3)CC2)CC1. The second-order valence-electron chi connectivity index (χ2n) is 8.97. The molecule has 0 atom stereocenters. The summed E-state index contributed by atoms with van der Waals surface area (Å²) in [6, 6.07) is 13.6. The predicted molar refractivity (Wildman–Crippen MR) is 127 cm³/mol. The van der Waals surface area contributed by atoms with Crippen molar-refractivity contribution in [2.24, 2.45) is 5.92 Å². The largest absolute Gasteiger partial charge is 0.355 e. The monoisotopic (exact) mass is 458 g/mol. The Morgan fingerprint density at radius 3 is 2.47 bits per heavy atom. The van der Waals surface area contributed by atoms with Gasteiger partial charge in [-0.1, -0.05) is 18.2 Å². The number of rotatable bonds is 3. The van der Waals surface area contributed by atoms with Crippen molar-refractivity contribution in [2.75, 3.05) is 44.2 Å². The van der Waals surface area contributed by atoms with Crippen LogP contribution in [0.25, 0.3) is 16.6 Å². The molecule has 2 aliphatic heterocycles. The number of para-hydroxylation sites is 1. The zero-order chi connectivity index (χ0) is 23.1. The van der Waals surface area contributed by atoms with E-state index in [0.29, 0.717) is 31.9 Å². The summed E-state index contributed by atoms with van der Waals surface area (Å²) >= 11 is 0. The van der Waals surface area contributed by atoms with Crippen LogP contribution < -0.4 is 4.90 Å². The third-order valence-electron chi connectivity index (χ3n) is 6.95. The van der Waals surface area contributed by atoms with Gasteiger partial charge in [0.05, 0.1) is 0 Å². The second-order valence-corrected chi connectivity index (χ2v) is 8.97. The molecular formula is C24H26N8O2. The Labute approximate surface area is 196 Å². The molecule has 0 spiro atoms. The topological polar surface area (TPSA) is 103 Å². The standard InChI is InChI=1S/C24H26N8O2/c33-23(17-7-9-29(10-8-17)22-6-5-21-27-25-16-32(21)28-22)30-11-13-31(14-12-30)24(34)20-15-18-3-1-2-4-19(18)26-20/h1-6,15-17,26H,7-14H2. The summed E-state index contributed by atoms with van der Waals surface area (Å²) in [5.41, 5.74) is 2.28. The van der Waals surface area contributed by atoms with E-state index in [4.69, 9.17) is 0 Å². The average Bonchev–Trinajstić information content (AvgIpc) is 3.54. The van der Waals surface area contributed by atoms with Gasteiger partial charge in [-0.2, -0.15) is 4.52 Å². The quantitative estimate of drug-likeness (QED) is 0.502. The van der Waals surface area contributed by atoms with Gasteiger partial charge < -0.3 is 19.7 Å². The summed E-state index contributed by atoms with van der Waals surface area (Å²) < 4.78 is 1.67. The number of nitrogens with zero attached hydrogens (tertiary/aromatic N) is 7. The highest BCUT2D eigenvalue weighted by molar-refractivity contribution is 5.98. The smallest absolute Gasteiger partial charge is 0.270 e. The lowest BCUT2D eigenvalue weighted by Gasteiger charge is -2.38. The van der Waals surface area contributed by atoms with Gasteiger partial charge >= 0.3 is 0 Å². The molecule has 6 rings (SSSR count). The fraction of sp³-hybridized carbons (Fsp3) is 0.375. The van der Waals surface area contributed by atoms with Crippen LogP contribution in [0.15, 0.2) is 48.8 Å². The normalized spacial score (nSPS) is 17.6. The minimum atomic E-state index is -0.00540. The minimum absolute atomic E-state index is 0.00540. The molecular weight excluding hydrogens is 432 g/mol. The van der Waals surface area contributed by atoms with Gasteiger partial charge in [-0.3, -0.25) is 9.59 Å². The molecule has 0 radical (unpaired) electrons. The number of H-pyrrole nitrogens is 1. The lowest BCUT2D eigenvalue weighted by atomic mass is 9.95. The molecule has 5 heterocycles. The summed E-state index contributed by atoms with van der Waals surface area (Å²) in [4.78, 5) is 35.3. The van der Waals surface area contributed by atoms with E-state index >= 15 is 0 Å². The van der Waals surface area contributed by atoms with E-state index in [1.54, 1.807) is 10.8 Å². The fourth-order valence-electron chi connectivity index (χ4n) is 4.99. The van der Waals surface area contributed by atoms with Crippen molar-refractivity contribution in [1.29, 1.82) is 0 Å². The number of benzene rings is 1. The van der Waals surface area contributed by atoms with E-state index in [0.717, 1.165) is 48.3 Å². The number of aromatic nitrogens is 5. The molecule has 0 bridgehead atoms. The van der Waals surface area contributed by atoms with Crippen LogP contribution in [0.2, 0.25) is 0 Å². The van der Waals surface area contributed by atoms with Crippen LogP contribution in [-0.2, 0) is 4.79 Å². The van der Waals surface area contributed by atoms with E-state index in [2.05, 4.69) is 25.2 Å². The highest BCUT2D eigenvalue weighted by Gasteiger charge is 2.32. The number of carbonyl (C=O) groups is 2. The molecule has 34 heavy (non-hydrogen) atoms. The van der Waals surface area contributed by atoms with Gasteiger partial charge in [-0.15, -0.1) is 15.3 Å². The molecule has 174 valence electrons. The van der Waals surface area contributed by atoms with E-state index in [1.807, 2.05) is 52.3 Å². The number of anilines is 1. The lowest BCUT2D eigenvalue weighted by molar-refractivity contribution is -0.137. The number of carbonyl (C=O) groups excluding carboxylic acids is 2. The van der Waals surface area contributed by atoms with Crippen LogP contribution in [-0.4, -0.2) is 85.7 Å². The molecule has 2 amide bonds. The molecule has 0 aliphatic carbocycles. The lowest BCUT2D eigenvalue weighted by Crippen LogP contribution is -2.53. The number of hydrogen-bond donors (Lipinski definition) is 1. The second kappa shape index (κ2) is 8.44. The molecule has 3 aromatic heterocycles. The van der Waals surface area contributed by atoms with Gasteiger partial charge in [0, 0.05) is 56.1 Å². The van der Waals surface area contributed by atoms with Crippen molar-refractivity contribution in [1.82, 2.24) is 34.6 Å². The molecule has 0 saturated carbocycles. The zero-order valence-electron chi connectivity index (χ0n) is 18.8. The Bertz CT molecular complexity index is 1310. The summed E-state index contributed by atoms with van der Waals surface area (Å²) in [5.74, 6) is 1.10. The summed E-state index contributed by atoms with van der Waals surface area (Å²) in [6.07, 6.45) is 3.20. The Morgan fingerprint density at radius 1 is 0.912 bits per heavy atom. The number of nitrogens with one attached hydrogen (secondary N) is 1. The third-order valence-corrected chi connectivity index (χ3v) is 6.95. The first-order valence-electron chi connectivity index (χ1n) is 11.7. The van der Waals surface area contributed by atoms with Gasteiger partial charge in [0.1, 0.15) is 17.8 Å². The fourth-order valence-corrected chi connectivity index (χ4v) is 4.99. The van der Waals surface area contributed by atoms with Crippen molar-refractivity contribution < 1.29 is 9.59 Å². The van der Waals surface area contributed by atoms with E-state index < -0.39 is 0 Å². The van der Waals surface area contributed by atoms with Gasteiger partial charge in [0.15, 0.2) is 5.65 Å². The van der Waals surface area contributed by atoms with E-state index in [1.165, 1.54) is 0 Å². The molecule has 10 heteroatoms. The van der Waals surface area contributed by atoms with Gasteiger partial charge in [-0.25, -0.2) is 0 Å².